The minimum Gasteiger partial charge on any atom is -0.493 e. The highest BCUT2D eigenvalue weighted by Crippen LogP contribution is 2.39. The number of halogens is 1. The first kappa shape index (κ1) is 19.2. The molecule has 0 aliphatic heterocycles. The quantitative estimate of drug-likeness (QED) is 0.349. The van der Waals surface area contributed by atoms with Crippen LogP contribution in [0, 0.1) is 6.92 Å². The van der Waals surface area contributed by atoms with Gasteiger partial charge in [-0.3, -0.25) is 0 Å². The van der Waals surface area contributed by atoms with Crippen LogP contribution in [0.1, 0.15) is 30.3 Å². The third-order valence-electron chi connectivity index (χ3n) is 4.44. The van der Waals surface area contributed by atoms with Gasteiger partial charge in [0.05, 0.1) is 11.6 Å². The Morgan fingerprint density at radius 2 is 1.86 bits per heavy atom. The molecule has 1 heterocycles. The largest absolute Gasteiger partial charge is 0.493 e. The van der Waals surface area contributed by atoms with Crippen LogP contribution in [0.15, 0.2) is 53.7 Å². The average molecular weight is 416 g/mol. The van der Waals surface area contributed by atoms with Gasteiger partial charge in [0.1, 0.15) is 18.1 Å². The van der Waals surface area contributed by atoms with Crippen molar-refractivity contribution < 1.29 is 9.47 Å². The van der Waals surface area contributed by atoms with Crippen molar-refractivity contribution in [1.29, 1.82) is 0 Å². The van der Waals surface area contributed by atoms with Crippen molar-refractivity contribution in [2.24, 2.45) is 0 Å². The Hall–Kier alpha value is -2.18. The van der Waals surface area contributed by atoms with Crippen molar-refractivity contribution in [2.45, 2.75) is 37.6 Å². The van der Waals surface area contributed by atoms with Crippen LogP contribution >= 0.6 is 23.4 Å². The van der Waals surface area contributed by atoms with Crippen molar-refractivity contribution >= 4 is 23.4 Å². The Balaban J connectivity index is 1.34. The topological polar surface area (TPSA) is 49.2 Å². The van der Waals surface area contributed by atoms with Gasteiger partial charge in [-0.25, -0.2) is 0 Å². The molecule has 0 spiro atoms. The van der Waals surface area contributed by atoms with Gasteiger partial charge in [0.25, 0.3) is 0 Å². The molecule has 7 heteroatoms. The number of hydrogen-bond acceptors (Lipinski definition) is 5. The van der Waals surface area contributed by atoms with E-state index in [0.29, 0.717) is 30.0 Å². The number of benzene rings is 2. The SMILES string of the molecule is Cc1ccc(OCCSc2nnc(COc3ccccc3Cl)n2C2CC2)cc1. The molecule has 0 saturated heterocycles. The van der Waals surface area contributed by atoms with Crippen LogP contribution in [0.5, 0.6) is 11.5 Å². The van der Waals surface area contributed by atoms with Crippen LogP contribution in [0.3, 0.4) is 0 Å². The summed E-state index contributed by atoms with van der Waals surface area (Å²) in [5.74, 6) is 3.20. The highest BCUT2D eigenvalue weighted by molar-refractivity contribution is 7.99. The van der Waals surface area contributed by atoms with Gasteiger partial charge >= 0.3 is 0 Å². The molecule has 2 aromatic carbocycles. The molecule has 1 aliphatic rings. The Morgan fingerprint density at radius 3 is 2.61 bits per heavy atom. The zero-order chi connectivity index (χ0) is 19.3. The maximum absolute atomic E-state index is 6.17. The molecule has 3 aromatic rings. The molecule has 146 valence electrons. The van der Waals surface area contributed by atoms with Crippen molar-refractivity contribution in [3.8, 4) is 11.5 Å². The smallest absolute Gasteiger partial charge is 0.191 e. The van der Waals surface area contributed by atoms with Crippen molar-refractivity contribution in [1.82, 2.24) is 14.8 Å². The second kappa shape index (κ2) is 8.88. The predicted molar refractivity (Wildman–Crippen MR) is 111 cm³/mol. The molecular weight excluding hydrogens is 394 g/mol. The summed E-state index contributed by atoms with van der Waals surface area (Å²) in [4.78, 5) is 0. The molecule has 1 aliphatic carbocycles. The van der Waals surface area contributed by atoms with E-state index >= 15 is 0 Å². The first-order chi connectivity index (χ1) is 13.7. The second-order valence-electron chi connectivity index (χ2n) is 6.73. The lowest BCUT2D eigenvalue weighted by Crippen LogP contribution is -2.08. The van der Waals surface area contributed by atoms with Crippen molar-refractivity contribution in [2.75, 3.05) is 12.4 Å². The van der Waals surface area contributed by atoms with Crippen LogP contribution < -0.4 is 9.47 Å². The summed E-state index contributed by atoms with van der Waals surface area (Å²) in [7, 11) is 0. The average Bonchev–Trinajstić information content (AvgIpc) is 3.46. The Morgan fingerprint density at radius 1 is 1.07 bits per heavy atom. The molecule has 0 unspecified atom stereocenters. The van der Waals surface area contributed by atoms with Gasteiger partial charge in [-0.2, -0.15) is 0 Å². The summed E-state index contributed by atoms with van der Waals surface area (Å²) in [5, 5.41) is 10.3. The molecule has 5 nitrogen and oxygen atoms in total. The molecular formula is C21H22ClN3O2S. The van der Waals surface area contributed by atoms with E-state index in [0.717, 1.165) is 35.3 Å². The van der Waals surface area contributed by atoms with Crippen LogP contribution in [0.25, 0.3) is 0 Å². The maximum Gasteiger partial charge on any atom is 0.191 e. The molecule has 28 heavy (non-hydrogen) atoms. The summed E-state index contributed by atoms with van der Waals surface area (Å²) in [6, 6.07) is 16.0. The summed E-state index contributed by atoms with van der Waals surface area (Å²) in [5.41, 5.74) is 1.23. The minimum absolute atomic E-state index is 0.355. The standard InChI is InChI=1S/C21H22ClN3O2S/c1-15-6-10-17(11-7-15)26-12-13-28-21-24-23-20(25(21)16-8-9-16)14-27-19-5-3-2-4-18(19)22/h2-7,10-11,16H,8-9,12-14H2,1H3. The molecule has 0 atom stereocenters. The third-order valence-corrected chi connectivity index (χ3v) is 5.66. The minimum atomic E-state index is 0.355. The number of aryl methyl sites for hydroxylation is 1. The molecule has 0 N–H and O–H groups in total. The number of rotatable bonds is 9. The molecule has 1 fully saturated rings. The van der Waals surface area contributed by atoms with Gasteiger partial charge < -0.3 is 14.0 Å². The number of para-hydroxylation sites is 1. The highest BCUT2D eigenvalue weighted by Gasteiger charge is 2.29. The van der Waals surface area contributed by atoms with Crippen LogP contribution in [-0.2, 0) is 6.61 Å². The lowest BCUT2D eigenvalue weighted by molar-refractivity contribution is 0.288. The normalized spacial score (nSPS) is 13.5. The van der Waals surface area contributed by atoms with Gasteiger partial charge in [0.15, 0.2) is 11.0 Å². The fourth-order valence-corrected chi connectivity index (χ4v) is 3.87. The predicted octanol–water partition coefficient (Wildman–Crippen LogP) is 5.32. The Kier molecular flexibility index (Phi) is 6.07. The van der Waals surface area contributed by atoms with E-state index in [2.05, 4.69) is 33.8 Å². The summed E-state index contributed by atoms with van der Waals surface area (Å²) < 4.78 is 13.9. The van der Waals surface area contributed by atoms with E-state index in [9.17, 15) is 0 Å². The van der Waals surface area contributed by atoms with E-state index in [1.807, 2.05) is 36.4 Å². The summed E-state index contributed by atoms with van der Waals surface area (Å²) >= 11 is 7.83. The first-order valence-electron chi connectivity index (χ1n) is 9.34. The molecule has 0 radical (unpaired) electrons. The Labute approximate surface area is 174 Å². The van der Waals surface area contributed by atoms with E-state index in [4.69, 9.17) is 21.1 Å². The molecule has 1 saturated carbocycles. The maximum atomic E-state index is 6.17. The number of thioether (sulfide) groups is 1. The zero-order valence-corrected chi connectivity index (χ0v) is 17.2. The van der Waals surface area contributed by atoms with Gasteiger partial charge in [-0.05, 0) is 44.0 Å². The first-order valence-corrected chi connectivity index (χ1v) is 10.7. The van der Waals surface area contributed by atoms with Crippen LogP contribution in [0.4, 0.5) is 0 Å². The fraction of sp³-hybridized carbons (Fsp3) is 0.333. The van der Waals surface area contributed by atoms with Crippen LogP contribution in [-0.4, -0.2) is 27.1 Å². The van der Waals surface area contributed by atoms with Crippen LogP contribution in [0.2, 0.25) is 5.02 Å². The van der Waals surface area contributed by atoms with Gasteiger partial charge in [-0.15, -0.1) is 10.2 Å². The third kappa shape index (κ3) is 4.80. The molecule has 0 bridgehead atoms. The number of nitrogens with zero attached hydrogens (tertiary/aromatic N) is 3. The second-order valence-corrected chi connectivity index (χ2v) is 8.20. The molecule has 0 amide bonds. The van der Waals surface area contributed by atoms with Gasteiger partial charge in [-0.1, -0.05) is 53.2 Å². The van der Waals surface area contributed by atoms with Gasteiger partial charge in [0, 0.05) is 11.8 Å². The fourth-order valence-electron chi connectivity index (χ4n) is 2.83. The lowest BCUT2D eigenvalue weighted by atomic mass is 10.2. The van der Waals surface area contributed by atoms with E-state index in [1.165, 1.54) is 5.56 Å². The summed E-state index contributed by atoms with van der Waals surface area (Å²) in [6.07, 6.45) is 2.31. The Bertz CT molecular complexity index is 926. The molecule has 4 rings (SSSR count). The number of aromatic nitrogens is 3. The number of ether oxygens (including phenoxy) is 2. The van der Waals surface area contributed by atoms with Gasteiger partial charge in [0.2, 0.25) is 0 Å². The molecule has 1 aromatic heterocycles. The van der Waals surface area contributed by atoms with E-state index in [1.54, 1.807) is 11.8 Å². The number of hydrogen-bond donors (Lipinski definition) is 0. The lowest BCUT2D eigenvalue weighted by Gasteiger charge is -2.11. The summed E-state index contributed by atoms with van der Waals surface area (Å²) in [6.45, 7) is 3.04. The van der Waals surface area contributed by atoms with E-state index < -0.39 is 0 Å². The zero-order valence-electron chi connectivity index (χ0n) is 15.7. The highest BCUT2D eigenvalue weighted by atomic mass is 35.5. The monoisotopic (exact) mass is 415 g/mol. The van der Waals surface area contributed by atoms with Crippen molar-refractivity contribution in [3.05, 3.63) is 64.9 Å². The van der Waals surface area contributed by atoms with E-state index in [-0.39, 0.29) is 0 Å². The van der Waals surface area contributed by atoms with Crippen molar-refractivity contribution in [3.63, 3.8) is 0 Å².